The number of ether oxygens (including phenoxy) is 3. The van der Waals surface area contributed by atoms with E-state index in [-0.39, 0.29) is 47.8 Å². The molecule has 0 aliphatic heterocycles. The highest BCUT2D eigenvalue weighted by Crippen LogP contribution is 2.46. The Morgan fingerprint density at radius 2 is 1.33 bits per heavy atom. The Labute approximate surface area is 330 Å². The average molecular weight is 813 g/mol. The van der Waals surface area contributed by atoms with Gasteiger partial charge in [-0.05, 0) is 81.2 Å². The molecule has 298 valence electrons. The van der Waals surface area contributed by atoms with Gasteiger partial charge in [-0.25, -0.2) is 17.9 Å². The molecule has 17 heteroatoms. The molecule has 0 fully saturated rings. The standard InChI is InChI=1S/C41H35F3N6O7S/c1-55-29-13-7-25(8-14-29)22-49(23-26-9-15-30(56-2)16-10-26)58(53,54)38-34(41(42,43)44)20-19-32(33-6-4-5-28-21-35(40(51)52)45-37(28)33)36(38)39-46-47-48-50(39)24-27-11-17-31(57-3)18-12-27/h4-21,45H,22-24H2,1-3H3,(H,51,52). The number of alkyl halides is 3. The number of nitrogens with one attached hydrogen (secondary N) is 1. The Kier molecular flexibility index (Phi) is 10.9. The lowest BCUT2D eigenvalue weighted by Crippen LogP contribution is -2.32. The van der Waals surface area contributed by atoms with E-state index in [1.54, 1.807) is 91.0 Å². The fourth-order valence-corrected chi connectivity index (χ4v) is 8.45. The Morgan fingerprint density at radius 1 is 0.776 bits per heavy atom. The summed E-state index contributed by atoms with van der Waals surface area (Å²) in [4.78, 5) is 13.8. The fourth-order valence-electron chi connectivity index (χ4n) is 6.63. The van der Waals surface area contributed by atoms with Crippen molar-refractivity contribution in [3.8, 4) is 39.8 Å². The lowest BCUT2D eigenvalue weighted by molar-refractivity contribution is -0.139. The topological polar surface area (TPSA) is 162 Å². The summed E-state index contributed by atoms with van der Waals surface area (Å²) in [5.74, 6) is -0.00447. The number of hydrogen-bond donors (Lipinski definition) is 2. The molecule has 7 rings (SSSR count). The smallest absolute Gasteiger partial charge is 0.417 e. The number of aromatic nitrogens is 5. The van der Waals surface area contributed by atoms with E-state index in [4.69, 9.17) is 14.2 Å². The fraction of sp³-hybridized carbons (Fsp3) is 0.171. The number of carboxylic acid groups (broad SMARTS) is 1. The molecule has 0 radical (unpaired) electrons. The number of aromatic carboxylic acids is 1. The molecule has 0 aliphatic carbocycles. The van der Waals surface area contributed by atoms with Gasteiger partial charge in [-0.3, -0.25) is 0 Å². The molecule has 0 bridgehead atoms. The number of carbonyl (C=O) groups is 1. The first-order chi connectivity index (χ1) is 27.8. The van der Waals surface area contributed by atoms with Crippen molar-refractivity contribution in [1.82, 2.24) is 29.5 Å². The number of methoxy groups -OCH3 is 3. The van der Waals surface area contributed by atoms with Gasteiger partial charge in [0, 0.05) is 29.6 Å². The summed E-state index contributed by atoms with van der Waals surface area (Å²) in [6.45, 7) is -0.757. The third kappa shape index (κ3) is 7.94. The van der Waals surface area contributed by atoms with Gasteiger partial charge in [0.15, 0.2) is 5.82 Å². The van der Waals surface area contributed by atoms with Crippen molar-refractivity contribution in [3.63, 3.8) is 0 Å². The molecule has 0 saturated heterocycles. The second-order valence-corrected chi connectivity index (χ2v) is 15.0. The number of rotatable bonds is 14. The first kappa shape index (κ1) is 39.5. The first-order valence-corrected chi connectivity index (χ1v) is 19.0. The molecule has 7 aromatic rings. The average Bonchev–Trinajstić information content (AvgIpc) is 3.88. The quantitative estimate of drug-likeness (QED) is 0.112. The minimum absolute atomic E-state index is 0.00408. The Morgan fingerprint density at radius 3 is 1.84 bits per heavy atom. The summed E-state index contributed by atoms with van der Waals surface area (Å²) in [5.41, 5.74) is -0.0739. The van der Waals surface area contributed by atoms with Crippen LogP contribution in [0.4, 0.5) is 13.2 Å². The molecular weight excluding hydrogens is 778 g/mol. The molecule has 2 aromatic heterocycles. The van der Waals surface area contributed by atoms with Gasteiger partial charge in [-0.15, -0.1) is 5.10 Å². The molecule has 5 aromatic carbocycles. The number of carboxylic acids is 1. The SMILES string of the molecule is COc1ccc(CN(Cc2ccc(OC)cc2)S(=O)(=O)c2c(C(F)(F)F)ccc(-c3cccc4cc(C(=O)O)[nH]c34)c2-c2nnnn2Cc2ccc(OC)cc2)cc1. The summed E-state index contributed by atoms with van der Waals surface area (Å²) >= 11 is 0. The van der Waals surface area contributed by atoms with Crippen molar-refractivity contribution in [2.45, 2.75) is 30.7 Å². The number of H-pyrrole nitrogens is 1. The number of halogens is 3. The zero-order valence-corrected chi connectivity index (χ0v) is 32.0. The lowest BCUT2D eigenvalue weighted by atomic mass is 9.95. The van der Waals surface area contributed by atoms with Crippen molar-refractivity contribution < 1.29 is 45.7 Å². The summed E-state index contributed by atoms with van der Waals surface area (Å²) in [7, 11) is -0.720. The summed E-state index contributed by atoms with van der Waals surface area (Å²) in [6, 6.07) is 27.8. The first-order valence-electron chi connectivity index (χ1n) is 17.6. The van der Waals surface area contributed by atoms with Crippen LogP contribution in [0.15, 0.2) is 114 Å². The Hall–Kier alpha value is -6.72. The summed E-state index contributed by atoms with van der Waals surface area (Å²) in [5, 5.41) is 22.3. The molecule has 0 unspecified atom stereocenters. The Bertz CT molecular complexity index is 2650. The van der Waals surface area contributed by atoms with Crippen LogP contribution in [0.5, 0.6) is 17.2 Å². The van der Waals surface area contributed by atoms with Crippen LogP contribution in [0.1, 0.15) is 32.7 Å². The number of aromatic amines is 1. The van der Waals surface area contributed by atoms with Crippen LogP contribution in [0, 0.1) is 0 Å². The van der Waals surface area contributed by atoms with Crippen LogP contribution in [0.25, 0.3) is 33.4 Å². The van der Waals surface area contributed by atoms with Crippen molar-refractivity contribution in [2.24, 2.45) is 0 Å². The van der Waals surface area contributed by atoms with Crippen molar-refractivity contribution in [2.75, 3.05) is 21.3 Å². The van der Waals surface area contributed by atoms with E-state index in [9.17, 15) is 9.90 Å². The number of hydrogen-bond acceptors (Lipinski definition) is 9. The zero-order chi connectivity index (χ0) is 41.2. The number of nitrogens with zero attached hydrogens (tertiary/aromatic N) is 5. The van der Waals surface area contributed by atoms with Crippen LogP contribution in [0.2, 0.25) is 0 Å². The van der Waals surface area contributed by atoms with Gasteiger partial charge in [0.2, 0.25) is 10.0 Å². The highest BCUT2D eigenvalue weighted by Gasteiger charge is 2.43. The summed E-state index contributed by atoms with van der Waals surface area (Å²) < 4.78 is 95.2. The number of para-hydroxylation sites is 1. The van der Waals surface area contributed by atoms with Gasteiger partial charge in [0.25, 0.3) is 0 Å². The maximum atomic E-state index is 15.5. The van der Waals surface area contributed by atoms with E-state index in [1.807, 2.05) is 0 Å². The predicted octanol–water partition coefficient (Wildman–Crippen LogP) is 7.67. The molecule has 0 atom stereocenters. The molecule has 0 aliphatic rings. The maximum Gasteiger partial charge on any atom is 0.417 e. The van der Waals surface area contributed by atoms with Gasteiger partial charge < -0.3 is 24.3 Å². The second kappa shape index (κ2) is 16.0. The predicted molar refractivity (Wildman–Crippen MR) is 207 cm³/mol. The molecule has 0 spiro atoms. The molecule has 2 heterocycles. The largest absolute Gasteiger partial charge is 0.497 e. The third-order valence-corrected chi connectivity index (χ3v) is 11.4. The zero-order valence-electron chi connectivity index (χ0n) is 31.2. The van der Waals surface area contributed by atoms with Crippen molar-refractivity contribution >= 4 is 26.9 Å². The Balaban J connectivity index is 1.52. The number of tetrazole rings is 1. The highest BCUT2D eigenvalue weighted by molar-refractivity contribution is 7.89. The van der Waals surface area contributed by atoms with E-state index in [0.29, 0.717) is 45.4 Å². The third-order valence-electron chi connectivity index (χ3n) is 9.52. The van der Waals surface area contributed by atoms with Crippen LogP contribution < -0.4 is 14.2 Å². The minimum Gasteiger partial charge on any atom is -0.497 e. The van der Waals surface area contributed by atoms with E-state index in [2.05, 4.69) is 20.5 Å². The highest BCUT2D eigenvalue weighted by atomic mass is 32.2. The molecule has 0 amide bonds. The molecule has 58 heavy (non-hydrogen) atoms. The van der Waals surface area contributed by atoms with Gasteiger partial charge in [-0.2, -0.15) is 17.5 Å². The van der Waals surface area contributed by atoms with Crippen LogP contribution in [-0.4, -0.2) is 70.3 Å². The molecule has 13 nitrogen and oxygen atoms in total. The van der Waals surface area contributed by atoms with Crippen LogP contribution >= 0.6 is 0 Å². The van der Waals surface area contributed by atoms with E-state index < -0.39 is 38.2 Å². The number of fused-ring (bicyclic) bond motifs is 1. The summed E-state index contributed by atoms with van der Waals surface area (Å²) in [6.07, 6.45) is -5.19. The van der Waals surface area contributed by atoms with Crippen molar-refractivity contribution in [3.05, 3.63) is 137 Å². The molecule has 0 saturated carbocycles. The molecule has 2 N–H and O–H groups in total. The lowest BCUT2D eigenvalue weighted by Gasteiger charge is -2.27. The van der Waals surface area contributed by atoms with E-state index in [1.165, 1.54) is 32.1 Å². The van der Waals surface area contributed by atoms with E-state index >= 15 is 21.6 Å². The monoisotopic (exact) mass is 812 g/mol. The second-order valence-electron chi connectivity index (χ2n) is 13.1. The normalized spacial score (nSPS) is 11.9. The van der Waals surface area contributed by atoms with Gasteiger partial charge >= 0.3 is 12.1 Å². The van der Waals surface area contributed by atoms with Gasteiger partial charge in [0.1, 0.15) is 27.8 Å². The van der Waals surface area contributed by atoms with E-state index in [0.717, 1.165) is 10.4 Å². The van der Waals surface area contributed by atoms with Gasteiger partial charge in [0.05, 0.1) is 39.0 Å². The number of sulfonamides is 1. The van der Waals surface area contributed by atoms with Crippen LogP contribution in [0.3, 0.4) is 0 Å². The van der Waals surface area contributed by atoms with Gasteiger partial charge in [-0.1, -0.05) is 60.7 Å². The maximum absolute atomic E-state index is 15.5. The number of benzene rings is 5. The van der Waals surface area contributed by atoms with Crippen LogP contribution in [-0.2, 0) is 35.8 Å². The molecular formula is C41H35F3N6O7S. The minimum atomic E-state index is -5.19. The van der Waals surface area contributed by atoms with Crippen molar-refractivity contribution in [1.29, 1.82) is 0 Å².